The highest BCUT2D eigenvalue weighted by Gasteiger charge is 2.42. The third kappa shape index (κ3) is 5.36. The molecule has 2 unspecified atom stereocenters. The van der Waals surface area contributed by atoms with Crippen LogP contribution in [0.2, 0.25) is 5.02 Å². The minimum atomic E-state index is -4.43. The monoisotopic (exact) mass is 624 g/mol. The summed E-state index contributed by atoms with van der Waals surface area (Å²) in [4.78, 5) is 20.7. The number of carbonyl (C=O) groups excluding carboxylic acids is 1. The number of rotatable bonds is 3. The Morgan fingerprint density at radius 3 is 2.47 bits per heavy atom. The minimum absolute atomic E-state index is 0.00789. The molecule has 9 nitrogen and oxygen atoms in total. The lowest BCUT2D eigenvalue weighted by molar-refractivity contribution is -0.130. The first-order valence-electron chi connectivity index (χ1n) is 13.9. The molecular weight excluding hydrogens is 591 g/mol. The quantitative estimate of drug-likeness (QED) is 0.297. The minimum Gasteiger partial charge on any atom is -0.398 e. The van der Waals surface area contributed by atoms with Crippen molar-refractivity contribution in [2.75, 3.05) is 23.1 Å². The van der Waals surface area contributed by atoms with Gasteiger partial charge in [-0.1, -0.05) is 63.2 Å². The van der Waals surface area contributed by atoms with Crippen LogP contribution in [0.15, 0.2) is 65.6 Å². The van der Waals surface area contributed by atoms with E-state index >= 15 is 4.39 Å². The molecule has 1 aromatic heterocycles. The third-order valence-corrected chi connectivity index (χ3v) is 9.27. The molecule has 43 heavy (non-hydrogen) atoms. The Labute approximate surface area is 256 Å². The van der Waals surface area contributed by atoms with Crippen LogP contribution in [0.3, 0.4) is 0 Å². The zero-order chi connectivity index (χ0) is 31.4. The first kappa shape index (κ1) is 30.5. The van der Waals surface area contributed by atoms with Gasteiger partial charge in [-0.15, -0.1) is 4.40 Å². The van der Waals surface area contributed by atoms with E-state index in [9.17, 15) is 13.2 Å². The molecule has 0 aliphatic carbocycles. The maximum atomic E-state index is 15.2. The molecule has 0 bridgehead atoms. The molecule has 1 amide bonds. The van der Waals surface area contributed by atoms with E-state index in [0.717, 1.165) is 9.87 Å². The topological polar surface area (TPSA) is 112 Å². The highest BCUT2D eigenvalue weighted by atomic mass is 35.5. The molecule has 0 radical (unpaired) electrons. The van der Waals surface area contributed by atoms with Crippen LogP contribution in [0.1, 0.15) is 45.7 Å². The van der Waals surface area contributed by atoms with Crippen molar-refractivity contribution in [3.8, 4) is 11.3 Å². The van der Waals surface area contributed by atoms with Crippen LogP contribution < -0.4 is 10.0 Å². The van der Waals surface area contributed by atoms with E-state index in [-0.39, 0.29) is 51.6 Å². The first-order valence-corrected chi connectivity index (χ1v) is 15.6. The van der Waals surface area contributed by atoms with Crippen LogP contribution in [0.5, 0.6) is 0 Å². The van der Waals surface area contributed by atoms with Crippen molar-refractivity contribution in [2.24, 2.45) is 4.40 Å². The number of amidine groups is 1. The molecule has 0 spiro atoms. The summed E-state index contributed by atoms with van der Waals surface area (Å²) in [5.41, 5.74) is 7.26. The highest BCUT2D eigenvalue weighted by molar-refractivity contribution is 7.92. The van der Waals surface area contributed by atoms with Crippen molar-refractivity contribution in [2.45, 2.75) is 52.1 Å². The number of hydrogen-bond donors (Lipinski definition) is 1. The molecule has 226 valence electrons. The summed E-state index contributed by atoms with van der Waals surface area (Å²) in [7, 11) is -4.43. The number of carbonyl (C=O) groups is 1. The summed E-state index contributed by atoms with van der Waals surface area (Å²) in [6, 6.07) is 12.4. The Morgan fingerprint density at radius 1 is 1.12 bits per heavy atom. The van der Waals surface area contributed by atoms with Gasteiger partial charge in [-0.05, 0) is 55.2 Å². The molecule has 12 heteroatoms. The third-order valence-electron chi connectivity index (χ3n) is 7.75. The summed E-state index contributed by atoms with van der Waals surface area (Å²) >= 11 is 6.77. The van der Waals surface area contributed by atoms with Crippen molar-refractivity contribution in [3.63, 3.8) is 0 Å². The van der Waals surface area contributed by atoms with Crippen molar-refractivity contribution in [3.05, 3.63) is 83.2 Å². The Hall–Kier alpha value is -3.96. The summed E-state index contributed by atoms with van der Waals surface area (Å²) in [6.45, 7) is 13.9. The van der Waals surface area contributed by atoms with E-state index in [1.54, 1.807) is 23.1 Å². The molecule has 5 rings (SSSR count). The molecule has 3 aromatic rings. The number of pyridine rings is 1. The second kappa shape index (κ2) is 10.9. The first-order chi connectivity index (χ1) is 20.2. The van der Waals surface area contributed by atoms with E-state index in [1.807, 2.05) is 51.7 Å². The Kier molecular flexibility index (Phi) is 7.77. The molecule has 2 aliphatic rings. The van der Waals surface area contributed by atoms with E-state index in [2.05, 4.69) is 11.0 Å². The largest absolute Gasteiger partial charge is 0.398 e. The summed E-state index contributed by atoms with van der Waals surface area (Å²) in [6.07, 6.45) is 1.26. The number of halogens is 2. The van der Waals surface area contributed by atoms with Gasteiger partial charge < -0.3 is 15.5 Å². The van der Waals surface area contributed by atoms with Gasteiger partial charge in [-0.3, -0.25) is 4.79 Å². The average molecular weight is 625 g/mol. The van der Waals surface area contributed by atoms with Crippen molar-refractivity contribution < 1.29 is 17.6 Å². The zero-order valence-corrected chi connectivity index (χ0v) is 26.2. The van der Waals surface area contributed by atoms with Crippen molar-refractivity contribution in [1.29, 1.82) is 0 Å². The van der Waals surface area contributed by atoms with Gasteiger partial charge in [0.15, 0.2) is 11.7 Å². The lowest BCUT2D eigenvalue weighted by Crippen LogP contribution is -2.60. The number of anilines is 3. The van der Waals surface area contributed by atoms with Gasteiger partial charge in [-0.25, -0.2) is 13.7 Å². The molecule has 2 aromatic carbocycles. The van der Waals surface area contributed by atoms with Crippen LogP contribution >= 0.6 is 11.6 Å². The second-order valence-corrected chi connectivity index (χ2v) is 13.7. The fourth-order valence-electron chi connectivity index (χ4n) is 5.65. The van der Waals surface area contributed by atoms with Crippen LogP contribution in [0.25, 0.3) is 11.3 Å². The van der Waals surface area contributed by atoms with Gasteiger partial charge in [0.2, 0.25) is 5.91 Å². The highest BCUT2D eigenvalue weighted by Crippen LogP contribution is 2.44. The molecule has 2 aliphatic heterocycles. The van der Waals surface area contributed by atoms with Gasteiger partial charge in [0.1, 0.15) is 5.82 Å². The van der Waals surface area contributed by atoms with Gasteiger partial charge in [0.25, 0.3) is 0 Å². The van der Waals surface area contributed by atoms with Gasteiger partial charge >= 0.3 is 10.2 Å². The predicted molar refractivity (Wildman–Crippen MR) is 169 cm³/mol. The van der Waals surface area contributed by atoms with Gasteiger partial charge in [0, 0.05) is 30.9 Å². The Bertz CT molecular complexity index is 1750. The molecule has 2 N–H and O–H groups in total. The number of nitrogen functional groups attached to an aromatic ring is 1. The lowest BCUT2D eigenvalue weighted by atomic mass is 9.86. The van der Waals surface area contributed by atoms with E-state index in [0.29, 0.717) is 24.3 Å². The SMILES string of the molecule is C=CC(=O)N1CC(C)N(C2=NS(=O)(=O)N(c3ccccc3C(C)(C)C)c3nc(-c4c(N)cccc4F)c(Cl)cc32)CC1C. The number of nitrogens with two attached hydrogens (primary N) is 1. The van der Waals surface area contributed by atoms with Crippen molar-refractivity contribution in [1.82, 2.24) is 14.8 Å². The number of aromatic nitrogens is 1. The van der Waals surface area contributed by atoms with Crippen LogP contribution in [0, 0.1) is 5.82 Å². The van der Waals surface area contributed by atoms with Gasteiger partial charge in [-0.2, -0.15) is 8.42 Å². The predicted octanol–water partition coefficient (Wildman–Crippen LogP) is 5.67. The maximum Gasteiger partial charge on any atom is 0.352 e. The summed E-state index contributed by atoms with van der Waals surface area (Å²) in [5, 5.41) is 0.0766. The molecular formula is C31H34ClFN6O3S. The molecule has 1 fully saturated rings. The lowest BCUT2D eigenvalue weighted by Gasteiger charge is -2.46. The fraction of sp³-hybridized carbons (Fsp3) is 0.323. The number of fused-ring (bicyclic) bond motifs is 1. The molecule has 3 heterocycles. The van der Waals surface area contributed by atoms with Crippen molar-refractivity contribution >= 4 is 50.7 Å². The number of amides is 1. The van der Waals surface area contributed by atoms with E-state index in [1.165, 1.54) is 24.3 Å². The summed E-state index contributed by atoms with van der Waals surface area (Å²) in [5.74, 6) is -0.686. The molecule has 0 saturated carbocycles. The van der Waals surface area contributed by atoms with E-state index in [4.69, 9.17) is 22.3 Å². The Balaban J connectivity index is 1.78. The number of hydrogen-bond acceptors (Lipinski definition) is 6. The standard InChI is InChI=1S/C31H34ClFN6O3S/c1-7-26(40)37-16-19(3)38(17-18(37)2)30-20-15-22(32)28(27-23(33)12-10-13-24(27)34)35-29(20)39(43(41,42)36-30)25-14-9-8-11-21(25)31(4,5)6/h7-15,18-19H,1,16-17,34H2,2-6H3. The fourth-order valence-corrected chi connectivity index (χ4v) is 7.16. The maximum absolute atomic E-state index is 15.2. The second-order valence-electron chi connectivity index (χ2n) is 11.9. The number of piperazine rings is 1. The van der Waals surface area contributed by atoms with Crippen LogP contribution in [-0.4, -0.2) is 60.1 Å². The molecule has 2 atom stereocenters. The zero-order valence-electron chi connectivity index (χ0n) is 24.7. The summed E-state index contributed by atoms with van der Waals surface area (Å²) < 4.78 is 49.0. The average Bonchev–Trinajstić information content (AvgIpc) is 2.93. The normalized spacial score (nSPS) is 20.0. The molecule has 1 saturated heterocycles. The Morgan fingerprint density at radius 2 is 1.81 bits per heavy atom. The number of nitrogens with zero attached hydrogens (tertiary/aromatic N) is 5. The number of para-hydroxylation sites is 1. The van der Waals surface area contributed by atoms with Gasteiger partial charge in [0.05, 0.1) is 27.5 Å². The van der Waals surface area contributed by atoms with Crippen LogP contribution in [0.4, 0.5) is 21.6 Å². The smallest absolute Gasteiger partial charge is 0.352 e. The number of benzene rings is 2. The van der Waals surface area contributed by atoms with E-state index < -0.39 is 21.4 Å². The van der Waals surface area contributed by atoms with Crippen LogP contribution in [-0.2, 0) is 20.4 Å².